The highest BCUT2D eigenvalue weighted by atomic mass is 32.2. The number of ketones is 1. The maximum Gasteiger partial charge on any atom is 0.352 e. The van der Waals surface area contributed by atoms with Crippen molar-refractivity contribution in [1.29, 1.82) is 0 Å². The lowest BCUT2D eigenvalue weighted by Gasteiger charge is -2.49. The molecule has 2 atom stereocenters. The number of anilines is 1. The van der Waals surface area contributed by atoms with Gasteiger partial charge in [0, 0.05) is 30.2 Å². The topological polar surface area (TPSA) is 152 Å². The Balaban J connectivity index is 1.54. The molecular weight excluding hydrogens is 561 g/mol. The highest BCUT2D eigenvalue weighted by Gasteiger charge is 2.54. The molecule has 4 rings (SSSR count). The second-order valence-electron chi connectivity index (χ2n) is 9.26. The maximum atomic E-state index is 13.2. The van der Waals surface area contributed by atoms with Crippen molar-refractivity contribution in [3.05, 3.63) is 56.7 Å². The minimum Gasteiger partial charge on any atom is -0.477 e. The summed E-state index contributed by atoms with van der Waals surface area (Å²) in [5.74, 6) is -1.69. The van der Waals surface area contributed by atoms with Gasteiger partial charge in [-0.3, -0.25) is 19.3 Å². The number of carbonyl (C=O) groups excluding carboxylic acids is 3. The molecule has 3 heterocycles. The van der Waals surface area contributed by atoms with Crippen LogP contribution >= 0.6 is 34.9 Å². The largest absolute Gasteiger partial charge is 0.477 e. The number of amides is 1. The normalized spacial score (nSPS) is 19.0. The van der Waals surface area contributed by atoms with E-state index in [0.717, 1.165) is 33.6 Å². The molecule has 2 aromatic rings. The zero-order chi connectivity index (χ0) is 28.4. The summed E-state index contributed by atoms with van der Waals surface area (Å²) in [7, 11) is 1.31. The number of aryl methyl sites for hydroxylation is 2. The minimum atomic E-state index is -1.17. The first-order valence-corrected chi connectivity index (χ1v) is 14.9. The van der Waals surface area contributed by atoms with E-state index in [0.29, 0.717) is 23.5 Å². The van der Waals surface area contributed by atoms with Crippen LogP contribution in [0.5, 0.6) is 0 Å². The van der Waals surface area contributed by atoms with Gasteiger partial charge in [-0.1, -0.05) is 29.1 Å². The number of thioether (sulfide) groups is 2. The van der Waals surface area contributed by atoms with E-state index in [1.807, 2.05) is 26.0 Å². The fourth-order valence-electron chi connectivity index (χ4n) is 4.82. The lowest BCUT2D eigenvalue weighted by Crippen LogP contribution is -2.62. The van der Waals surface area contributed by atoms with E-state index in [1.54, 1.807) is 5.38 Å². The Morgan fingerprint density at radius 3 is 2.54 bits per heavy atom. The van der Waals surface area contributed by atoms with Gasteiger partial charge in [0.1, 0.15) is 18.5 Å². The average molecular weight is 589 g/mol. The van der Waals surface area contributed by atoms with Gasteiger partial charge in [0.05, 0.1) is 11.3 Å². The molecular formula is C26H28N4O6S3. The number of nitrogens with zero attached hydrogens (tertiary/aromatic N) is 3. The van der Waals surface area contributed by atoms with Crippen LogP contribution < -0.4 is 5.73 Å². The second-order valence-corrected chi connectivity index (χ2v) is 12.4. The van der Waals surface area contributed by atoms with Crippen molar-refractivity contribution < 1.29 is 29.1 Å². The van der Waals surface area contributed by atoms with E-state index >= 15 is 0 Å². The van der Waals surface area contributed by atoms with Crippen LogP contribution in [0, 0.1) is 19.8 Å². The number of rotatable bonds is 10. The number of hydrogen-bond donors (Lipinski definition) is 2. The van der Waals surface area contributed by atoms with Gasteiger partial charge in [-0.15, -0.1) is 23.1 Å². The molecule has 3 N–H and O–H groups in total. The van der Waals surface area contributed by atoms with Crippen molar-refractivity contribution in [1.82, 2.24) is 9.88 Å². The maximum absolute atomic E-state index is 13.2. The number of Topliss-reactive ketones (excluding diaryl/α,β-unsaturated/α-hetero) is 1. The van der Waals surface area contributed by atoms with E-state index in [2.05, 4.69) is 10.1 Å². The standard InChI is InChI=1S/C26H28N4O6S3/c1-12-5-15(9-37-14(3)31)6-13(2)17(12)7-16-10-38-24-18(23(33)30(24)22(16)25(34)35)8-20(32)21(29-36-4)19-11-39-26(27)28-19/h5-6,11,18,24H,7-10H2,1-4H3,(H2,27,28)(H,34,35)/b29-21-/t18-,24-/m1/s1. The molecule has 0 spiro atoms. The predicted molar refractivity (Wildman–Crippen MR) is 153 cm³/mol. The summed E-state index contributed by atoms with van der Waals surface area (Å²) >= 11 is 3.85. The van der Waals surface area contributed by atoms with Gasteiger partial charge in [0.25, 0.3) is 0 Å². The number of nitrogen functional groups attached to an aromatic ring is 1. The second kappa shape index (κ2) is 11.9. The Morgan fingerprint density at radius 1 is 1.28 bits per heavy atom. The third-order valence-corrected chi connectivity index (χ3v) is 9.52. The Bertz CT molecular complexity index is 1390. The molecule has 1 saturated heterocycles. The summed E-state index contributed by atoms with van der Waals surface area (Å²) in [6.07, 6.45) is 0.245. The quantitative estimate of drug-likeness (QED) is 0.239. The van der Waals surface area contributed by atoms with E-state index in [1.165, 1.54) is 42.5 Å². The summed E-state index contributed by atoms with van der Waals surface area (Å²) in [5.41, 5.74) is 10.6. The number of oxime groups is 1. The molecule has 0 unspecified atom stereocenters. The van der Waals surface area contributed by atoms with E-state index in [9.17, 15) is 24.3 Å². The average Bonchev–Trinajstić information content (AvgIpc) is 3.31. The van der Waals surface area contributed by atoms with Gasteiger partial charge in [0.2, 0.25) is 5.91 Å². The molecule has 39 heavy (non-hydrogen) atoms. The van der Waals surface area contributed by atoms with Crippen molar-refractivity contribution in [2.75, 3.05) is 18.6 Å². The number of benzene rings is 1. The van der Waals surface area contributed by atoms with E-state index in [-0.39, 0.29) is 33.8 Å². The number of thiazole rings is 1. The van der Waals surface area contributed by atoms with Crippen molar-refractivity contribution in [3.8, 4) is 0 Å². The zero-order valence-electron chi connectivity index (χ0n) is 21.8. The van der Waals surface area contributed by atoms with Crippen LogP contribution in [0.3, 0.4) is 0 Å². The van der Waals surface area contributed by atoms with Gasteiger partial charge < -0.3 is 15.7 Å². The van der Waals surface area contributed by atoms with Gasteiger partial charge >= 0.3 is 5.97 Å². The first-order valence-electron chi connectivity index (χ1n) is 12.0. The lowest BCUT2D eigenvalue weighted by molar-refractivity contribution is -0.153. The third kappa shape index (κ3) is 6.04. The fourth-order valence-corrected chi connectivity index (χ4v) is 7.32. The van der Waals surface area contributed by atoms with Crippen molar-refractivity contribution in [3.63, 3.8) is 0 Å². The first-order chi connectivity index (χ1) is 18.5. The Labute approximate surface area is 238 Å². The Morgan fingerprint density at radius 2 is 1.97 bits per heavy atom. The van der Waals surface area contributed by atoms with E-state index < -0.39 is 29.0 Å². The zero-order valence-corrected chi connectivity index (χ0v) is 24.3. The molecule has 10 nitrogen and oxygen atoms in total. The lowest BCUT2D eigenvalue weighted by atomic mass is 9.88. The summed E-state index contributed by atoms with van der Waals surface area (Å²) in [6, 6.07) is 4.03. The molecule has 0 aliphatic carbocycles. The predicted octanol–water partition coefficient (Wildman–Crippen LogP) is 3.54. The van der Waals surface area contributed by atoms with Gasteiger partial charge in [-0.25, -0.2) is 9.78 Å². The Hall–Kier alpha value is -3.16. The summed E-state index contributed by atoms with van der Waals surface area (Å²) in [6.45, 7) is 5.47. The van der Waals surface area contributed by atoms with Crippen LogP contribution in [-0.4, -0.2) is 61.7 Å². The molecule has 0 radical (unpaired) electrons. The van der Waals surface area contributed by atoms with Crippen LogP contribution in [-0.2, 0) is 36.2 Å². The number of carboxylic acid groups (broad SMARTS) is 1. The number of β-lactam (4-membered cyclic amide) rings is 1. The highest BCUT2D eigenvalue weighted by Crippen LogP contribution is 2.46. The van der Waals surface area contributed by atoms with Crippen LogP contribution in [0.4, 0.5) is 5.13 Å². The molecule has 0 saturated carbocycles. The van der Waals surface area contributed by atoms with Gasteiger partial charge in [-0.05, 0) is 48.1 Å². The van der Waals surface area contributed by atoms with Crippen molar-refractivity contribution in [2.45, 2.75) is 44.7 Å². The van der Waals surface area contributed by atoms with Crippen LogP contribution in [0.25, 0.3) is 0 Å². The monoisotopic (exact) mass is 588 g/mol. The molecule has 1 fully saturated rings. The molecule has 2 aliphatic rings. The summed E-state index contributed by atoms with van der Waals surface area (Å²) in [5, 5.41) is 15.3. The number of nitrogens with two attached hydrogens (primary N) is 1. The number of hydrogen-bond acceptors (Lipinski definition) is 11. The van der Waals surface area contributed by atoms with Crippen molar-refractivity contribution >= 4 is 68.5 Å². The molecule has 1 aromatic heterocycles. The number of carboxylic acids is 1. The summed E-state index contributed by atoms with van der Waals surface area (Å²) < 4.78 is 0. The molecule has 0 bridgehead atoms. The fraction of sp³-hybridized carbons (Fsp3) is 0.385. The number of carbonyl (C=O) groups is 4. The number of aromatic nitrogens is 1. The minimum absolute atomic E-state index is 0.0134. The van der Waals surface area contributed by atoms with Gasteiger partial charge in [0.15, 0.2) is 21.7 Å². The molecule has 1 aromatic carbocycles. The SMILES string of the molecule is CO/N=C(\C(=O)C[C@@H]1C(=O)N2C(C(=O)O)=C(Cc3c(C)cc(CSC(C)=O)cc3C)CS[C@H]12)c1csc(N)n1. The third-order valence-electron chi connectivity index (χ3n) is 6.56. The molecule has 2 aliphatic heterocycles. The summed E-state index contributed by atoms with van der Waals surface area (Å²) in [4.78, 5) is 60.2. The van der Waals surface area contributed by atoms with E-state index in [4.69, 9.17) is 10.6 Å². The first kappa shape index (κ1) is 28.8. The number of fused-ring (bicyclic) bond motifs is 1. The molecule has 206 valence electrons. The van der Waals surface area contributed by atoms with Gasteiger partial charge in [-0.2, -0.15) is 0 Å². The smallest absolute Gasteiger partial charge is 0.352 e. The van der Waals surface area contributed by atoms with Crippen LogP contribution in [0.2, 0.25) is 0 Å². The molecule has 13 heteroatoms. The van der Waals surface area contributed by atoms with Crippen molar-refractivity contribution in [2.24, 2.45) is 11.1 Å². The highest BCUT2D eigenvalue weighted by molar-refractivity contribution is 8.12. The van der Waals surface area contributed by atoms with Crippen LogP contribution in [0.15, 0.2) is 33.9 Å². The Kier molecular flexibility index (Phi) is 8.82. The number of aliphatic carboxylic acids is 1. The molecule has 1 amide bonds. The van der Waals surface area contributed by atoms with Crippen LogP contribution in [0.1, 0.15) is 41.3 Å².